The van der Waals surface area contributed by atoms with Crippen molar-refractivity contribution in [1.29, 1.82) is 0 Å². The van der Waals surface area contributed by atoms with Crippen molar-refractivity contribution in [1.82, 2.24) is 10.4 Å². The zero-order valence-electron chi connectivity index (χ0n) is 20.6. The Morgan fingerprint density at radius 1 is 0.872 bits per heavy atom. The van der Waals surface area contributed by atoms with E-state index in [2.05, 4.69) is 47.4 Å². The molecule has 4 aromatic carbocycles. The van der Waals surface area contributed by atoms with E-state index < -0.39 is 11.9 Å². The molecule has 9 heteroatoms. The SMILES string of the molecule is COc1cccc2c(-c3ccccc3)c(C(=O)NN=Cc3cc(Br)ccc3OC(=O)c3ccc(Br)cc3)[nH]c12. The van der Waals surface area contributed by atoms with Crippen LogP contribution in [0.2, 0.25) is 0 Å². The molecule has 0 saturated heterocycles. The Labute approximate surface area is 241 Å². The highest BCUT2D eigenvalue weighted by Gasteiger charge is 2.21. The number of hydrogen-bond acceptors (Lipinski definition) is 5. The van der Waals surface area contributed by atoms with Gasteiger partial charge in [-0.3, -0.25) is 4.79 Å². The van der Waals surface area contributed by atoms with E-state index in [4.69, 9.17) is 9.47 Å². The Hall–Kier alpha value is -4.21. The quantitative estimate of drug-likeness (QED) is 0.0837. The molecule has 39 heavy (non-hydrogen) atoms. The number of halogens is 2. The number of para-hydroxylation sites is 1. The summed E-state index contributed by atoms with van der Waals surface area (Å²) in [7, 11) is 1.58. The second-order valence-electron chi connectivity index (χ2n) is 8.40. The molecule has 0 atom stereocenters. The van der Waals surface area contributed by atoms with Gasteiger partial charge in [0.05, 0.1) is 24.4 Å². The number of aromatic amines is 1. The van der Waals surface area contributed by atoms with Crippen molar-refractivity contribution in [3.63, 3.8) is 0 Å². The average molecular weight is 647 g/mol. The van der Waals surface area contributed by atoms with Gasteiger partial charge < -0.3 is 14.5 Å². The van der Waals surface area contributed by atoms with E-state index in [1.807, 2.05) is 48.5 Å². The van der Waals surface area contributed by atoms with E-state index >= 15 is 0 Å². The number of H-pyrrole nitrogens is 1. The van der Waals surface area contributed by atoms with Crippen molar-refractivity contribution in [2.45, 2.75) is 0 Å². The number of nitrogens with zero attached hydrogens (tertiary/aromatic N) is 1. The number of carbonyl (C=O) groups is 2. The average Bonchev–Trinajstić information content (AvgIpc) is 3.35. The molecule has 0 saturated carbocycles. The fraction of sp³-hybridized carbons (Fsp3) is 0.0333. The van der Waals surface area contributed by atoms with Crippen LogP contribution >= 0.6 is 31.9 Å². The predicted molar refractivity (Wildman–Crippen MR) is 159 cm³/mol. The highest BCUT2D eigenvalue weighted by atomic mass is 79.9. The van der Waals surface area contributed by atoms with Crippen molar-refractivity contribution in [3.05, 3.63) is 117 Å². The number of fused-ring (bicyclic) bond motifs is 1. The fourth-order valence-electron chi connectivity index (χ4n) is 4.11. The third-order valence-corrected chi connectivity index (χ3v) is 6.95. The predicted octanol–water partition coefficient (Wildman–Crippen LogP) is 7.35. The largest absolute Gasteiger partial charge is 0.495 e. The number of hydrogen-bond donors (Lipinski definition) is 2. The summed E-state index contributed by atoms with van der Waals surface area (Å²) in [5.41, 5.74) is 6.16. The molecular weight excluding hydrogens is 626 g/mol. The second kappa shape index (κ2) is 11.7. The van der Waals surface area contributed by atoms with Gasteiger partial charge in [-0.25, -0.2) is 10.2 Å². The van der Waals surface area contributed by atoms with Crippen molar-refractivity contribution in [3.8, 4) is 22.6 Å². The minimum Gasteiger partial charge on any atom is -0.495 e. The summed E-state index contributed by atoms with van der Waals surface area (Å²) in [6.45, 7) is 0. The van der Waals surface area contributed by atoms with Crippen LogP contribution in [0.3, 0.4) is 0 Å². The van der Waals surface area contributed by atoms with Gasteiger partial charge in [0.15, 0.2) is 0 Å². The van der Waals surface area contributed by atoms with Crippen LogP contribution in [0.25, 0.3) is 22.0 Å². The van der Waals surface area contributed by atoms with Gasteiger partial charge in [0.25, 0.3) is 5.91 Å². The van der Waals surface area contributed by atoms with Gasteiger partial charge in [-0.15, -0.1) is 0 Å². The second-order valence-corrected chi connectivity index (χ2v) is 10.2. The van der Waals surface area contributed by atoms with Gasteiger partial charge in [0, 0.05) is 25.5 Å². The molecule has 1 heterocycles. The van der Waals surface area contributed by atoms with Gasteiger partial charge in [0.2, 0.25) is 0 Å². The molecule has 0 unspecified atom stereocenters. The number of esters is 1. The maximum absolute atomic E-state index is 13.3. The van der Waals surface area contributed by atoms with Crippen LogP contribution in [0.15, 0.2) is 105 Å². The molecule has 0 bridgehead atoms. The number of benzene rings is 4. The fourth-order valence-corrected chi connectivity index (χ4v) is 4.75. The molecule has 1 amide bonds. The lowest BCUT2D eigenvalue weighted by atomic mass is 10.0. The molecular formula is C30H21Br2N3O4. The summed E-state index contributed by atoms with van der Waals surface area (Å²) in [5, 5.41) is 5.02. The number of amides is 1. The molecule has 0 aliphatic rings. The molecule has 5 rings (SSSR count). The van der Waals surface area contributed by atoms with Crippen LogP contribution in [-0.4, -0.2) is 30.2 Å². The maximum Gasteiger partial charge on any atom is 0.343 e. The summed E-state index contributed by atoms with van der Waals surface area (Å²) in [6, 6.07) is 27.3. The van der Waals surface area contributed by atoms with E-state index in [1.54, 1.807) is 49.6 Å². The van der Waals surface area contributed by atoms with E-state index in [1.165, 1.54) is 6.21 Å². The zero-order valence-corrected chi connectivity index (χ0v) is 23.7. The lowest BCUT2D eigenvalue weighted by Crippen LogP contribution is -2.19. The Morgan fingerprint density at radius 3 is 2.36 bits per heavy atom. The standard InChI is InChI=1S/C30H21Br2N3O4/c1-38-25-9-5-8-23-26(18-6-3-2-4-7-18)28(34-27(23)25)29(36)35-33-17-20-16-22(32)14-15-24(20)39-30(37)19-10-12-21(31)13-11-19/h2-17,34H,1H3,(H,35,36). The summed E-state index contributed by atoms with van der Waals surface area (Å²) < 4.78 is 12.7. The summed E-state index contributed by atoms with van der Waals surface area (Å²) in [4.78, 5) is 29.2. The smallest absolute Gasteiger partial charge is 0.343 e. The highest BCUT2D eigenvalue weighted by Crippen LogP contribution is 2.36. The molecule has 5 aromatic rings. The lowest BCUT2D eigenvalue weighted by molar-refractivity contribution is 0.0734. The van der Waals surface area contributed by atoms with Gasteiger partial charge >= 0.3 is 5.97 Å². The molecule has 0 spiro atoms. The van der Waals surface area contributed by atoms with E-state index in [0.717, 1.165) is 25.5 Å². The lowest BCUT2D eigenvalue weighted by Gasteiger charge is -2.08. The van der Waals surface area contributed by atoms with Crippen LogP contribution in [0.5, 0.6) is 11.5 Å². The molecule has 2 N–H and O–H groups in total. The van der Waals surface area contributed by atoms with Crippen LogP contribution in [0, 0.1) is 0 Å². The molecule has 1 aromatic heterocycles. The molecule has 194 valence electrons. The van der Waals surface area contributed by atoms with Crippen molar-refractivity contribution < 1.29 is 19.1 Å². The number of aromatic nitrogens is 1. The third kappa shape index (κ3) is 5.79. The Morgan fingerprint density at radius 2 is 1.62 bits per heavy atom. The Balaban J connectivity index is 1.42. The minimum absolute atomic E-state index is 0.296. The summed E-state index contributed by atoms with van der Waals surface area (Å²) in [6.07, 6.45) is 1.43. The molecule has 0 fully saturated rings. The first-order valence-corrected chi connectivity index (χ1v) is 13.4. The first kappa shape index (κ1) is 26.4. The van der Waals surface area contributed by atoms with Crippen LogP contribution in [0.1, 0.15) is 26.4 Å². The molecule has 0 radical (unpaired) electrons. The van der Waals surface area contributed by atoms with Crippen molar-refractivity contribution in [2.75, 3.05) is 7.11 Å². The van der Waals surface area contributed by atoms with Gasteiger partial charge in [-0.1, -0.05) is 74.3 Å². The van der Waals surface area contributed by atoms with Crippen LogP contribution in [0.4, 0.5) is 0 Å². The van der Waals surface area contributed by atoms with E-state index in [9.17, 15) is 9.59 Å². The number of methoxy groups -OCH3 is 1. The van der Waals surface area contributed by atoms with Crippen LogP contribution < -0.4 is 14.9 Å². The number of ether oxygens (including phenoxy) is 2. The first-order valence-electron chi connectivity index (χ1n) is 11.8. The number of nitrogens with one attached hydrogen (secondary N) is 2. The molecule has 0 aliphatic carbocycles. The summed E-state index contributed by atoms with van der Waals surface area (Å²) in [5.74, 6) is -0.0298. The highest BCUT2D eigenvalue weighted by molar-refractivity contribution is 9.10. The topological polar surface area (TPSA) is 92.8 Å². The van der Waals surface area contributed by atoms with E-state index in [0.29, 0.717) is 33.8 Å². The van der Waals surface area contributed by atoms with Gasteiger partial charge in [0.1, 0.15) is 17.2 Å². The van der Waals surface area contributed by atoms with Gasteiger partial charge in [-0.2, -0.15) is 5.10 Å². The summed E-state index contributed by atoms with van der Waals surface area (Å²) >= 11 is 6.78. The molecule has 0 aliphatic heterocycles. The number of carbonyl (C=O) groups excluding carboxylic acids is 2. The normalized spacial score (nSPS) is 11.1. The third-order valence-electron chi connectivity index (χ3n) is 5.93. The number of rotatable bonds is 7. The Bertz CT molecular complexity index is 1700. The first-order chi connectivity index (χ1) is 18.9. The van der Waals surface area contributed by atoms with Gasteiger partial charge in [-0.05, 0) is 54.1 Å². The molecule has 7 nitrogen and oxygen atoms in total. The minimum atomic E-state index is -0.511. The zero-order chi connectivity index (χ0) is 27.4. The van der Waals surface area contributed by atoms with Crippen LogP contribution in [-0.2, 0) is 0 Å². The Kier molecular flexibility index (Phi) is 7.90. The van der Waals surface area contributed by atoms with Crippen molar-refractivity contribution in [2.24, 2.45) is 5.10 Å². The van der Waals surface area contributed by atoms with Crippen molar-refractivity contribution >= 4 is 60.9 Å². The monoisotopic (exact) mass is 645 g/mol. The van der Waals surface area contributed by atoms with E-state index in [-0.39, 0.29) is 0 Å². The maximum atomic E-state index is 13.3. The number of hydrazone groups is 1.